The molecule has 6 nitrogen and oxygen atoms in total. The Labute approximate surface area is 137 Å². The summed E-state index contributed by atoms with van der Waals surface area (Å²) in [4.78, 5) is 3.85. The third kappa shape index (κ3) is 3.19. The van der Waals surface area contributed by atoms with E-state index in [1.165, 1.54) is 23.0 Å². The molecule has 0 saturated heterocycles. The predicted octanol–water partition coefficient (Wildman–Crippen LogP) is 2.56. The number of hydrogen-bond acceptors (Lipinski definition) is 5. The molecule has 24 heavy (non-hydrogen) atoms. The highest BCUT2D eigenvalue weighted by atomic mass is 19.1. The van der Waals surface area contributed by atoms with E-state index in [9.17, 15) is 14.8 Å². The number of ether oxygens (including phenoxy) is 1. The molecule has 0 aliphatic heterocycles. The summed E-state index contributed by atoms with van der Waals surface area (Å²) in [5.74, 6) is -0.0389. The number of aromatic nitrogens is 3. The summed E-state index contributed by atoms with van der Waals surface area (Å²) >= 11 is 0. The van der Waals surface area contributed by atoms with Crippen LogP contribution in [0.4, 0.5) is 4.39 Å². The Balaban J connectivity index is 2.17. The van der Waals surface area contributed by atoms with Crippen LogP contribution in [0.25, 0.3) is 16.6 Å². The molecule has 0 amide bonds. The zero-order valence-electron chi connectivity index (χ0n) is 13.2. The summed E-state index contributed by atoms with van der Waals surface area (Å²) in [6.07, 6.45) is 5.66. The zero-order valence-corrected chi connectivity index (χ0v) is 13.2. The van der Waals surface area contributed by atoms with E-state index in [1.54, 1.807) is 26.1 Å². The Bertz CT molecular complexity index is 938. The zero-order chi connectivity index (χ0) is 17.3. The lowest BCUT2D eigenvalue weighted by Gasteiger charge is -2.18. The number of rotatable bonds is 4. The third-order valence-electron chi connectivity index (χ3n) is 3.32. The fraction of sp³-hybridized carbons (Fsp3) is 0.235. The van der Waals surface area contributed by atoms with E-state index in [2.05, 4.69) is 16.2 Å². The standard InChI is InChI=1S/C17H15FN4O2/c1-17(2,23)10-24-14-4-15(11-3-13(18)8-20-6-11)16-12(5-19)7-21-22(16)9-14/h3-4,6-9,23H,10H2,1-2H3. The van der Waals surface area contributed by atoms with Gasteiger partial charge in [-0.25, -0.2) is 8.91 Å². The van der Waals surface area contributed by atoms with Crippen LogP contribution in [0, 0.1) is 17.1 Å². The first kappa shape index (κ1) is 15.9. The van der Waals surface area contributed by atoms with Crippen molar-refractivity contribution in [2.75, 3.05) is 6.61 Å². The van der Waals surface area contributed by atoms with Crippen LogP contribution in [0.5, 0.6) is 5.75 Å². The van der Waals surface area contributed by atoms with Crippen LogP contribution in [0.3, 0.4) is 0 Å². The second-order valence-corrected chi connectivity index (χ2v) is 6.05. The molecule has 0 bridgehead atoms. The minimum absolute atomic E-state index is 0.0751. The van der Waals surface area contributed by atoms with E-state index in [0.717, 1.165) is 6.20 Å². The minimum Gasteiger partial charge on any atom is -0.489 e. The SMILES string of the molecule is CC(C)(O)COc1cc(-c2cncc(F)c2)c2c(C#N)cnn2c1. The molecule has 0 radical (unpaired) electrons. The van der Waals surface area contributed by atoms with Crippen LogP contribution < -0.4 is 4.74 Å². The quantitative estimate of drug-likeness (QED) is 0.796. The van der Waals surface area contributed by atoms with E-state index >= 15 is 0 Å². The van der Waals surface area contributed by atoms with Crippen molar-refractivity contribution in [3.05, 3.63) is 48.3 Å². The number of pyridine rings is 2. The topological polar surface area (TPSA) is 83.4 Å². The van der Waals surface area contributed by atoms with Gasteiger partial charge < -0.3 is 9.84 Å². The molecule has 0 aliphatic rings. The number of fused-ring (bicyclic) bond motifs is 1. The monoisotopic (exact) mass is 326 g/mol. The van der Waals surface area contributed by atoms with Gasteiger partial charge >= 0.3 is 0 Å². The van der Waals surface area contributed by atoms with E-state index in [1.807, 2.05) is 0 Å². The van der Waals surface area contributed by atoms with Crippen LogP contribution in [-0.2, 0) is 0 Å². The maximum atomic E-state index is 13.6. The van der Waals surface area contributed by atoms with Crippen molar-refractivity contribution in [3.63, 3.8) is 0 Å². The molecule has 1 N–H and O–H groups in total. The van der Waals surface area contributed by atoms with E-state index < -0.39 is 11.4 Å². The average molecular weight is 326 g/mol. The van der Waals surface area contributed by atoms with Crippen LogP contribution >= 0.6 is 0 Å². The maximum absolute atomic E-state index is 13.6. The Morgan fingerprint density at radius 1 is 1.33 bits per heavy atom. The van der Waals surface area contributed by atoms with Crippen molar-refractivity contribution in [2.24, 2.45) is 0 Å². The first-order valence-corrected chi connectivity index (χ1v) is 7.25. The molecule has 0 fully saturated rings. The molecule has 3 aromatic heterocycles. The molecule has 7 heteroatoms. The highest BCUT2D eigenvalue weighted by Gasteiger charge is 2.17. The van der Waals surface area contributed by atoms with Crippen LogP contribution in [-0.4, -0.2) is 31.9 Å². The van der Waals surface area contributed by atoms with Crippen molar-refractivity contribution in [1.29, 1.82) is 5.26 Å². The molecule has 0 aliphatic carbocycles. The van der Waals surface area contributed by atoms with Gasteiger partial charge in [-0.3, -0.25) is 4.98 Å². The smallest absolute Gasteiger partial charge is 0.142 e. The van der Waals surface area contributed by atoms with E-state index in [-0.39, 0.29) is 6.61 Å². The van der Waals surface area contributed by atoms with Gasteiger partial charge in [0.1, 0.15) is 24.2 Å². The lowest BCUT2D eigenvalue weighted by molar-refractivity contribution is 0.0283. The first-order valence-electron chi connectivity index (χ1n) is 7.25. The molecule has 0 saturated carbocycles. The van der Waals surface area contributed by atoms with Crippen molar-refractivity contribution in [1.82, 2.24) is 14.6 Å². The normalized spacial score (nSPS) is 11.5. The van der Waals surface area contributed by atoms with Gasteiger partial charge in [-0.1, -0.05) is 0 Å². The van der Waals surface area contributed by atoms with Crippen molar-refractivity contribution in [3.8, 4) is 22.9 Å². The van der Waals surface area contributed by atoms with Crippen LogP contribution in [0.15, 0.2) is 36.9 Å². The molecular weight excluding hydrogens is 311 g/mol. The Kier molecular flexibility index (Phi) is 3.91. The largest absolute Gasteiger partial charge is 0.489 e. The predicted molar refractivity (Wildman–Crippen MR) is 84.9 cm³/mol. The number of hydrogen-bond donors (Lipinski definition) is 1. The van der Waals surface area contributed by atoms with Crippen molar-refractivity contribution >= 4 is 5.52 Å². The highest BCUT2D eigenvalue weighted by Crippen LogP contribution is 2.31. The summed E-state index contributed by atoms with van der Waals surface area (Å²) in [6.45, 7) is 3.33. The Morgan fingerprint density at radius 2 is 2.12 bits per heavy atom. The van der Waals surface area contributed by atoms with Gasteiger partial charge in [0.25, 0.3) is 0 Å². The summed E-state index contributed by atoms with van der Waals surface area (Å²) in [6, 6.07) is 5.08. The third-order valence-corrected chi connectivity index (χ3v) is 3.32. The summed E-state index contributed by atoms with van der Waals surface area (Å²) in [5.41, 5.74) is 0.982. The van der Waals surface area contributed by atoms with Gasteiger partial charge in [0.2, 0.25) is 0 Å². The van der Waals surface area contributed by atoms with Gasteiger partial charge in [-0.15, -0.1) is 0 Å². The van der Waals surface area contributed by atoms with Crippen LogP contribution in [0.2, 0.25) is 0 Å². The van der Waals surface area contributed by atoms with Crippen molar-refractivity contribution in [2.45, 2.75) is 19.4 Å². The molecule has 3 rings (SSSR count). The molecule has 0 aromatic carbocycles. The van der Waals surface area contributed by atoms with Gasteiger partial charge in [0.05, 0.1) is 35.3 Å². The molecule has 122 valence electrons. The van der Waals surface area contributed by atoms with Crippen LogP contribution in [0.1, 0.15) is 19.4 Å². The Morgan fingerprint density at radius 3 is 2.79 bits per heavy atom. The average Bonchev–Trinajstić information content (AvgIpc) is 2.94. The first-order chi connectivity index (χ1) is 11.4. The summed E-state index contributed by atoms with van der Waals surface area (Å²) in [7, 11) is 0. The van der Waals surface area contributed by atoms with Gasteiger partial charge in [-0.2, -0.15) is 10.4 Å². The number of aliphatic hydroxyl groups is 1. The molecule has 0 atom stereocenters. The lowest BCUT2D eigenvalue weighted by Crippen LogP contribution is -2.27. The number of nitrogens with zero attached hydrogens (tertiary/aromatic N) is 4. The van der Waals surface area contributed by atoms with E-state index in [0.29, 0.717) is 28.0 Å². The molecular formula is C17H15FN4O2. The number of halogens is 1. The minimum atomic E-state index is -1.00. The fourth-order valence-electron chi connectivity index (χ4n) is 2.30. The second-order valence-electron chi connectivity index (χ2n) is 6.05. The van der Waals surface area contributed by atoms with E-state index in [4.69, 9.17) is 4.74 Å². The molecule has 0 spiro atoms. The van der Waals surface area contributed by atoms with Gasteiger partial charge in [0.15, 0.2) is 0 Å². The number of nitriles is 1. The second kappa shape index (κ2) is 5.91. The van der Waals surface area contributed by atoms with Crippen molar-refractivity contribution < 1.29 is 14.2 Å². The Hall–Kier alpha value is -2.98. The molecule has 3 aromatic rings. The van der Waals surface area contributed by atoms with Gasteiger partial charge in [0, 0.05) is 17.3 Å². The molecule has 3 heterocycles. The highest BCUT2D eigenvalue weighted by molar-refractivity contribution is 5.84. The lowest BCUT2D eigenvalue weighted by atomic mass is 10.1. The fourth-order valence-corrected chi connectivity index (χ4v) is 2.30. The summed E-state index contributed by atoms with van der Waals surface area (Å²) < 4.78 is 20.7. The molecule has 0 unspecified atom stereocenters. The maximum Gasteiger partial charge on any atom is 0.142 e. The van der Waals surface area contributed by atoms with Gasteiger partial charge in [-0.05, 0) is 26.0 Å². The summed E-state index contributed by atoms with van der Waals surface area (Å²) in [5, 5.41) is 23.2.